The first-order chi connectivity index (χ1) is 12.1. The van der Waals surface area contributed by atoms with Crippen LogP contribution >= 0.6 is 0 Å². The van der Waals surface area contributed by atoms with Crippen LogP contribution in [0, 0.1) is 12.4 Å². The second-order valence-corrected chi connectivity index (χ2v) is 5.79. The number of imide groups is 1. The molecule has 1 aliphatic heterocycles. The summed E-state index contributed by atoms with van der Waals surface area (Å²) in [5.74, 6) is -0.946. The maximum Gasteiger partial charge on any atom is 0.262 e. The van der Waals surface area contributed by atoms with Crippen LogP contribution in [0.15, 0.2) is 72.8 Å². The highest BCUT2D eigenvalue weighted by molar-refractivity contribution is 6.22. The van der Waals surface area contributed by atoms with Crippen molar-refractivity contribution in [1.82, 2.24) is 4.90 Å². The third-order valence-electron chi connectivity index (χ3n) is 4.17. The van der Waals surface area contributed by atoms with Crippen molar-refractivity contribution in [1.29, 1.82) is 0 Å². The summed E-state index contributed by atoms with van der Waals surface area (Å²) in [7, 11) is 0. The second kappa shape index (κ2) is 5.98. The summed E-state index contributed by atoms with van der Waals surface area (Å²) in [6.45, 7) is 1.54. The second-order valence-electron chi connectivity index (χ2n) is 5.79. The molecule has 0 saturated heterocycles. The molecule has 0 saturated carbocycles. The molecule has 2 amide bonds. The van der Waals surface area contributed by atoms with E-state index in [1.165, 1.54) is 18.7 Å². The molecule has 0 bridgehead atoms. The average Bonchev–Trinajstić information content (AvgIpc) is 2.88. The molecule has 0 N–H and O–H groups in total. The zero-order valence-electron chi connectivity index (χ0n) is 13.1. The standard InChI is InChI=1S/C21H13FNO2/c22-17-10-8-15(9-11-17)16-5-3-4-14(12-16)13-23-20(24)18-6-1-2-7-19(18)21(23)25/h1-13H. The molecule has 0 fully saturated rings. The molecule has 0 aliphatic carbocycles. The van der Waals surface area contributed by atoms with Gasteiger partial charge in [-0.25, -0.2) is 4.39 Å². The number of benzene rings is 3. The van der Waals surface area contributed by atoms with E-state index >= 15 is 0 Å². The van der Waals surface area contributed by atoms with E-state index in [0.29, 0.717) is 11.1 Å². The third kappa shape index (κ3) is 2.72. The molecule has 3 nitrogen and oxygen atoms in total. The van der Waals surface area contributed by atoms with Crippen LogP contribution in [0.25, 0.3) is 11.1 Å². The van der Waals surface area contributed by atoms with E-state index < -0.39 is 0 Å². The van der Waals surface area contributed by atoms with Gasteiger partial charge in [-0.1, -0.05) is 42.5 Å². The first-order valence-electron chi connectivity index (χ1n) is 7.81. The minimum atomic E-state index is -0.326. The van der Waals surface area contributed by atoms with Gasteiger partial charge in [0.2, 0.25) is 0 Å². The van der Waals surface area contributed by atoms with Gasteiger partial charge in [0.25, 0.3) is 11.8 Å². The van der Waals surface area contributed by atoms with Gasteiger partial charge < -0.3 is 0 Å². The highest BCUT2D eigenvalue weighted by atomic mass is 19.1. The summed E-state index contributed by atoms with van der Waals surface area (Å²) in [6, 6.07) is 20.4. The van der Waals surface area contributed by atoms with E-state index in [1.807, 2.05) is 24.3 Å². The predicted molar refractivity (Wildman–Crippen MR) is 92.2 cm³/mol. The monoisotopic (exact) mass is 330 g/mol. The Bertz CT molecular complexity index is 944. The minimum absolute atomic E-state index is 0.294. The van der Waals surface area contributed by atoms with Gasteiger partial charge in [-0.15, -0.1) is 0 Å². The van der Waals surface area contributed by atoms with Crippen molar-refractivity contribution in [3.8, 4) is 11.1 Å². The molecular formula is C21H13FNO2. The number of carbonyl (C=O) groups excluding carboxylic acids is 2. The van der Waals surface area contributed by atoms with Gasteiger partial charge in [-0.3, -0.25) is 14.5 Å². The van der Waals surface area contributed by atoms with Crippen LogP contribution in [0.1, 0.15) is 26.3 Å². The quantitative estimate of drug-likeness (QED) is 0.672. The number of hydrogen-bond donors (Lipinski definition) is 0. The third-order valence-corrected chi connectivity index (χ3v) is 4.17. The lowest BCUT2D eigenvalue weighted by molar-refractivity contribution is 0.0702. The van der Waals surface area contributed by atoms with E-state index in [0.717, 1.165) is 21.6 Å². The first kappa shape index (κ1) is 15.3. The fourth-order valence-corrected chi connectivity index (χ4v) is 2.92. The summed E-state index contributed by atoms with van der Waals surface area (Å²) < 4.78 is 13.1. The summed E-state index contributed by atoms with van der Waals surface area (Å²) >= 11 is 0. The largest absolute Gasteiger partial charge is 0.269 e. The lowest BCUT2D eigenvalue weighted by atomic mass is 10.0. The molecule has 0 unspecified atom stereocenters. The SMILES string of the molecule is O=C1c2ccccc2C(=O)N1[CH]c1cccc(-c2ccc(F)cc2)c1. The molecule has 25 heavy (non-hydrogen) atoms. The highest BCUT2D eigenvalue weighted by Gasteiger charge is 2.35. The molecule has 0 aromatic heterocycles. The van der Waals surface area contributed by atoms with E-state index in [2.05, 4.69) is 0 Å². The minimum Gasteiger partial charge on any atom is -0.269 e. The zero-order chi connectivity index (χ0) is 17.4. The molecule has 4 heteroatoms. The van der Waals surface area contributed by atoms with Crippen molar-refractivity contribution in [3.63, 3.8) is 0 Å². The first-order valence-corrected chi connectivity index (χ1v) is 7.81. The van der Waals surface area contributed by atoms with Crippen LogP contribution in [0.4, 0.5) is 4.39 Å². The molecule has 3 aromatic rings. The number of amides is 2. The van der Waals surface area contributed by atoms with E-state index in [9.17, 15) is 14.0 Å². The molecule has 0 spiro atoms. The van der Waals surface area contributed by atoms with E-state index in [1.54, 1.807) is 36.4 Å². The predicted octanol–water partition coefficient (Wildman–Crippen LogP) is 4.30. The van der Waals surface area contributed by atoms with Crippen LogP contribution in [0.3, 0.4) is 0 Å². The van der Waals surface area contributed by atoms with Crippen molar-refractivity contribution >= 4 is 11.8 Å². The number of halogens is 1. The van der Waals surface area contributed by atoms with Gasteiger partial charge in [0, 0.05) is 0 Å². The van der Waals surface area contributed by atoms with Crippen molar-refractivity contribution in [3.05, 3.63) is 102 Å². The van der Waals surface area contributed by atoms with E-state index in [4.69, 9.17) is 0 Å². The van der Waals surface area contributed by atoms with Crippen LogP contribution in [-0.2, 0) is 0 Å². The number of nitrogens with zero attached hydrogens (tertiary/aromatic N) is 1. The number of hydrogen-bond acceptors (Lipinski definition) is 2. The Hall–Kier alpha value is -3.27. The maximum absolute atomic E-state index is 13.1. The molecule has 121 valence electrons. The number of fused-ring (bicyclic) bond motifs is 1. The smallest absolute Gasteiger partial charge is 0.262 e. The van der Waals surface area contributed by atoms with Gasteiger partial charge in [0.05, 0.1) is 17.7 Å². The summed E-state index contributed by atoms with van der Waals surface area (Å²) in [5, 5.41) is 0. The topological polar surface area (TPSA) is 37.4 Å². The van der Waals surface area contributed by atoms with Crippen molar-refractivity contribution in [2.75, 3.05) is 0 Å². The Balaban J connectivity index is 1.62. The Labute approximate surface area is 144 Å². The number of carbonyl (C=O) groups is 2. The van der Waals surface area contributed by atoms with Crippen LogP contribution < -0.4 is 0 Å². The number of rotatable bonds is 3. The Kier molecular flexibility index (Phi) is 3.65. The fourth-order valence-electron chi connectivity index (χ4n) is 2.92. The maximum atomic E-state index is 13.1. The van der Waals surface area contributed by atoms with Crippen LogP contribution in [0.5, 0.6) is 0 Å². The van der Waals surface area contributed by atoms with Crippen molar-refractivity contribution in [2.45, 2.75) is 0 Å². The summed E-state index contributed by atoms with van der Waals surface area (Å²) in [5.41, 5.74) is 3.29. The Morgan fingerprint density at radius 3 is 2.00 bits per heavy atom. The molecule has 0 atom stereocenters. The lowest BCUT2D eigenvalue weighted by Gasteiger charge is -2.14. The highest BCUT2D eigenvalue weighted by Crippen LogP contribution is 2.27. The van der Waals surface area contributed by atoms with Gasteiger partial charge in [0.1, 0.15) is 5.82 Å². The molecule has 1 radical (unpaired) electrons. The van der Waals surface area contributed by atoms with Crippen LogP contribution in [0.2, 0.25) is 0 Å². The molecule has 1 aliphatic rings. The molecule has 1 heterocycles. The van der Waals surface area contributed by atoms with Gasteiger partial charge >= 0.3 is 0 Å². The molecule has 3 aromatic carbocycles. The normalized spacial score (nSPS) is 13.2. The molecular weight excluding hydrogens is 317 g/mol. The molecule has 4 rings (SSSR count). The van der Waals surface area contributed by atoms with Crippen molar-refractivity contribution in [2.24, 2.45) is 0 Å². The van der Waals surface area contributed by atoms with Gasteiger partial charge in [-0.2, -0.15) is 0 Å². The summed E-state index contributed by atoms with van der Waals surface area (Å²) in [6.07, 6.45) is 0. The van der Waals surface area contributed by atoms with Gasteiger partial charge in [0.15, 0.2) is 0 Å². The van der Waals surface area contributed by atoms with Crippen LogP contribution in [-0.4, -0.2) is 16.7 Å². The zero-order valence-corrected chi connectivity index (χ0v) is 13.1. The lowest BCUT2D eigenvalue weighted by Crippen LogP contribution is -2.27. The van der Waals surface area contributed by atoms with Crippen molar-refractivity contribution < 1.29 is 14.0 Å². The average molecular weight is 330 g/mol. The Morgan fingerprint density at radius 1 is 0.720 bits per heavy atom. The van der Waals surface area contributed by atoms with E-state index in [-0.39, 0.29) is 17.6 Å². The Morgan fingerprint density at radius 2 is 1.36 bits per heavy atom. The summed E-state index contributed by atoms with van der Waals surface area (Å²) in [4.78, 5) is 26.0. The fraction of sp³-hybridized carbons (Fsp3) is 0. The van der Waals surface area contributed by atoms with Gasteiger partial charge in [-0.05, 0) is 47.0 Å².